The lowest BCUT2D eigenvalue weighted by Crippen LogP contribution is -2.27. The molecule has 0 amide bonds. The van der Waals surface area contributed by atoms with E-state index < -0.39 is 0 Å². The number of carbonyl (C=O) groups is 1. The molecule has 88 valence electrons. The summed E-state index contributed by atoms with van der Waals surface area (Å²) in [5.41, 5.74) is 1.71. The summed E-state index contributed by atoms with van der Waals surface area (Å²) in [4.78, 5) is 15.2. The number of hydrogen-bond acceptors (Lipinski definition) is 3. The molecule has 0 spiro atoms. The van der Waals surface area contributed by atoms with Gasteiger partial charge in [0.1, 0.15) is 12.1 Å². The number of hydrogen-bond donors (Lipinski definition) is 1. The molecule has 0 atom stereocenters. The normalized spacial score (nSPS) is 17.4. The number of carbonyl (C=O) groups excluding carboxylic acids is 1. The molecule has 1 saturated heterocycles. The molecule has 3 rings (SSSR count). The first-order valence-corrected chi connectivity index (χ1v) is 6.01. The maximum Gasteiger partial charge on any atom is 0.150 e. The first kappa shape index (κ1) is 10.5. The van der Waals surface area contributed by atoms with Gasteiger partial charge in [0.25, 0.3) is 0 Å². The van der Waals surface area contributed by atoms with Crippen LogP contribution in [0.25, 0.3) is 5.52 Å². The number of fused-ring (bicyclic) bond motifs is 1. The van der Waals surface area contributed by atoms with Gasteiger partial charge in [0.2, 0.25) is 0 Å². The van der Waals surface area contributed by atoms with Crippen molar-refractivity contribution < 1.29 is 4.79 Å². The van der Waals surface area contributed by atoms with Crippen LogP contribution in [0.15, 0.2) is 24.5 Å². The van der Waals surface area contributed by atoms with Gasteiger partial charge >= 0.3 is 0 Å². The summed E-state index contributed by atoms with van der Waals surface area (Å²) in [7, 11) is 0. The second-order valence-corrected chi connectivity index (χ2v) is 4.51. The Kier molecular flexibility index (Phi) is 2.65. The Labute approximate surface area is 99.7 Å². The minimum Gasteiger partial charge on any atom is -0.317 e. The monoisotopic (exact) mass is 229 g/mol. The maximum absolute atomic E-state index is 10.7. The van der Waals surface area contributed by atoms with Crippen LogP contribution in [0.1, 0.15) is 34.9 Å². The lowest BCUT2D eigenvalue weighted by molar-refractivity contribution is 0.112. The molecule has 0 aliphatic carbocycles. The quantitative estimate of drug-likeness (QED) is 0.796. The Morgan fingerprint density at radius 3 is 3.00 bits per heavy atom. The fraction of sp³-hybridized carbons (Fsp3) is 0.385. The molecule has 0 saturated carbocycles. The SMILES string of the molecule is O=Cc1ccn2c(C3CCNCC3)ncc2c1. The van der Waals surface area contributed by atoms with Gasteiger partial charge in [-0.1, -0.05) is 0 Å². The van der Waals surface area contributed by atoms with Gasteiger partial charge in [0.15, 0.2) is 0 Å². The van der Waals surface area contributed by atoms with E-state index in [0.717, 1.165) is 43.6 Å². The van der Waals surface area contributed by atoms with E-state index in [1.54, 1.807) is 0 Å². The van der Waals surface area contributed by atoms with E-state index >= 15 is 0 Å². The molecule has 4 nitrogen and oxygen atoms in total. The topological polar surface area (TPSA) is 46.4 Å². The van der Waals surface area contributed by atoms with Crippen molar-refractivity contribution in [1.82, 2.24) is 14.7 Å². The summed E-state index contributed by atoms with van der Waals surface area (Å²) >= 11 is 0. The second kappa shape index (κ2) is 4.30. The maximum atomic E-state index is 10.7. The van der Waals surface area contributed by atoms with Gasteiger partial charge in [0, 0.05) is 17.7 Å². The summed E-state index contributed by atoms with van der Waals surface area (Å²) in [5, 5.41) is 3.36. The van der Waals surface area contributed by atoms with E-state index in [1.165, 1.54) is 0 Å². The Balaban J connectivity index is 2.02. The zero-order valence-corrected chi connectivity index (χ0v) is 9.60. The van der Waals surface area contributed by atoms with Crippen LogP contribution in [0.5, 0.6) is 0 Å². The summed E-state index contributed by atoms with van der Waals surface area (Å²) in [6.45, 7) is 2.12. The standard InChI is InChI=1S/C13H15N3O/c17-9-10-3-6-16-12(7-10)8-15-13(16)11-1-4-14-5-2-11/h3,6-9,11,14H,1-2,4-5H2. The van der Waals surface area contributed by atoms with Crippen LogP contribution < -0.4 is 5.32 Å². The molecule has 2 aromatic rings. The number of nitrogens with one attached hydrogen (secondary N) is 1. The smallest absolute Gasteiger partial charge is 0.150 e. The molecular weight excluding hydrogens is 214 g/mol. The molecule has 1 N–H and O–H groups in total. The van der Waals surface area contributed by atoms with Gasteiger partial charge in [-0.2, -0.15) is 0 Å². The van der Waals surface area contributed by atoms with Crippen LogP contribution in [0.4, 0.5) is 0 Å². The predicted octanol–water partition coefficient (Wildman–Crippen LogP) is 1.61. The highest BCUT2D eigenvalue weighted by Crippen LogP contribution is 2.24. The third-order valence-electron chi connectivity index (χ3n) is 3.43. The van der Waals surface area contributed by atoms with E-state index in [4.69, 9.17) is 0 Å². The van der Waals surface area contributed by atoms with Crippen LogP contribution >= 0.6 is 0 Å². The van der Waals surface area contributed by atoms with E-state index in [1.807, 2.05) is 24.5 Å². The largest absolute Gasteiger partial charge is 0.317 e. The zero-order chi connectivity index (χ0) is 11.7. The molecule has 0 unspecified atom stereocenters. The van der Waals surface area contributed by atoms with Gasteiger partial charge in [0.05, 0.1) is 11.7 Å². The average molecular weight is 229 g/mol. The van der Waals surface area contributed by atoms with Crippen molar-refractivity contribution in [3.05, 3.63) is 35.9 Å². The van der Waals surface area contributed by atoms with Crippen molar-refractivity contribution in [3.63, 3.8) is 0 Å². The summed E-state index contributed by atoms with van der Waals surface area (Å²) in [5.74, 6) is 1.65. The third-order valence-corrected chi connectivity index (χ3v) is 3.43. The molecule has 1 aliphatic heterocycles. The lowest BCUT2D eigenvalue weighted by Gasteiger charge is -2.21. The average Bonchev–Trinajstić information content (AvgIpc) is 2.82. The van der Waals surface area contributed by atoms with Crippen LogP contribution in [0, 0.1) is 0 Å². The molecular formula is C13H15N3O. The van der Waals surface area contributed by atoms with Crippen molar-refractivity contribution in [2.24, 2.45) is 0 Å². The van der Waals surface area contributed by atoms with Crippen LogP contribution in [-0.4, -0.2) is 28.8 Å². The fourth-order valence-electron chi connectivity index (χ4n) is 2.49. The zero-order valence-electron chi connectivity index (χ0n) is 9.60. The van der Waals surface area contributed by atoms with Crippen molar-refractivity contribution in [2.75, 3.05) is 13.1 Å². The molecule has 0 radical (unpaired) electrons. The minimum absolute atomic E-state index is 0.529. The van der Waals surface area contributed by atoms with Crippen molar-refractivity contribution in [2.45, 2.75) is 18.8 Å². The van der Waals surface area contributed by atoms with Crippen molar-refractivity contribution >= 4 is 11.8 Å². The van der Waals surface area contributed by atoms with Gasteiger partial charge in [-0.25, -0.2) is 4.98 Å². The molecule has 3 heterocycles. The highest BCUT2D eigenvalue weighted by Gasteiger charge is 2.19. The van der Waals surface area contributed by atoms with Crippen LogP contribution in [0.3, 0.4) is 0 Å². The van der Waals surface area contributed by atoms with E-state index in [-0.39, 0.29) is 0 Å². The molecule has 1 aliphatic rings. The van der Waals surface area contributed by atoms with Crippen molar-refractivity contribution in [1.29, 1.82) is 0 Å². The highest BCUT2D eigenvalue weighted by atomic mass is 16.1. The number of imidazole rings is 1. The fourth-order valence-corrected chi connectivity index (χ4v) is 2.49. The second-order valence-electron chi connectivity index (χ2n) is 4.51. The number of piperidine rings is 1. The predicted molar refractivity (Wildman–Crippen MR) is 65.4 cm³/mol. The first-order chi connectivity index (χ1) is 8.38. The Morgan fingerprint density at radius 1 is 1.41 bits per heavy atom. The third kappa shape index (κ3) is 1.85. The number of nitrogens with zero attached hydrogens (tertiary/aromatic N) is 2. The number of aldehydes is 1. The summed E-state index contributed by atoms with van der Waals surface area (Å²) in [6.07, 6.45) is 6.94. The highest BCUT2D eigenvalue weighted by molar-refractivity contribution is 5.77. The minimum atomic E-state index is 0.529. The Hall–Kier alpha value is -1.68. The van der Waals surface area contributed by atoms with Crippen molar-refractivity contribution in [3.8, 4) is 0 Å². The van der Waals surface area contributed by atoms with Gasteiger partial charge in [-0.05, 0) is 38.1 Å². The van der Waals surface area contributed by atoms with Crippen LogP contribution in [-0.2, 0) is 0 Å². The molecule has 4 heteroatoms. The Morgan fingerprint density at radius 2 is 2.24 bits per heavy atom. The molecule has 0 bridgehead atoms. The Bertz CT molecular complexity index is 541. The van der Waals surface area contributed by atoms with E-state index in [9.17, 15) is 4.79 Å². The number of pyridine rings is 1. The number of aromatic nitrogens is 2. The molecule has 17 heavy (non-hydrogen) atoms. The van der Waals surface area contributed by atoms with Gasteiger partial charge < -0.3 is 9.72 Å². The van der Waals surface area contributed by atoms with Crippen LogP contribution in [0.2, 0.25) is 0 Å². The first-order valence-electron chi connectivity index (χ1n) is 6.01. The summed E-state index contributed by atoms with van der Waals surface area (Å²) in [6, 6.07) is 3.72. The number of rotatable bonds is 2. The molecule has 2 aromatic heterocycles. The van der Waals surface area contributed by atoms with E-state index in [2.05, 4.69) is 14.7 Å². The summed E-state index contributed by atoms with van der Waals surface area (Å²) < 4.78 is 2.10. The van der Waals surface area contributed by atoms with Gasteiger partial charge in [-0.3, -0.25) is 4.79 Å². The van der Waals surface area contributed by atoms with E-state index in [0.29, 0.717) is 11.5 Å². The van der Waals surface area contributed by atoms with Gasteiger partial charge in [-0.15, -0.1) is 0 Å². The molecule has 1 fully saturated rings. The molecule has 0 aromatic carbocycles. The lowest BCUT2D eigenvalue weighted by atomic mass is 9.97.